The number of para-hydroxylation sites is 1. The Labute approximate surface area is 206 Å². The highest BCUT2D eigenvalue weighted by molar-refractivity contribution is 5.84. The number of hydrogen-bond acceptors (Lipinski definition) is 5. The summed E-state index contributed by atoms with van der Waals surface area (Å²) in [6, 6.07) is 26.4. The smallest absolute Gasteiger partial charge is 0.308 e. The summed E-state index contributed by atoms with van der Waals surface area (Å²) >= 11 is 0. The monoisotopic (exact) mass is 472 g/mol. The molecule has 0 N–H and O–H groups in total. The maximum Gasteiger partial charge on any atom is 0.308 e. The van der Waals surface area contributed by atoms with Crippen molar-refractivity contribution in [2.75, 3.05) is 19.8 Å². The molecule has 0 atom stereocenters. The molecule has 0 fully saturated rings. The summed E-state index contributed by atoms with van der Waals surface area (Å²) in [5.41, 5.74) is 3.53. The Morgan fingerprint density at radius 2 is 1.60 bits per heavy atom. The van der Waals surface area contributed by atoms with Crippen LogP contribution in [-0.2, 0) is 14.3 Å². The highest BCUT2D eigenvalue weighted by Gasteiger charge is 2.16. The molecule has 4 rings (SSSR count). The molecule has 0 aliphatic heterocycles. The minimum atomic E-state index is -0.468. The Morgan fingerprint density at radius 1 is 0.886 bits per heavy atom. The van der Waals surface area contributed by atoms with E-state index < -0.39 is 5.60 Å². The fourth-order valence-corrected chi connectivity index (χ4v) is 3.77. The Morgan fingerprint density at radius 3 is 2.31 bits per heavy atom. The van der Waals surface area contributed by atoms with Gasteiger partial charge >= 0.3 is 5.97 Å². The predicted octanol–water partition coefficient (Wildman–Crippen LogP) is 6.21. The molecule has 6 heteroatoms. The summed E-state index contributed by atoms with van der Waals surface area (Å²) in [6.45, 7) is 6.95. The number of nitrogens with zero attached hydrogens (tertiary/aromatic N) is 2. The topological polar surface area (TPSA) is 62.6 Å². The molecule has 1 aromatic heterocycles. The first-order chi connectivity index (χ1) is 16.9. The zero-order valence-electron chi connectivity index (χ0n) is 20.6. The van der Waals surface area contributed by atoms with Crippen LogP contribution in [0.2, 0.25) is 0 Å². The Balaban J connectivity index is 1.39. The van der Waals surface area contributed by atoms with Gasteiger partial charge in [0.15, 0.2) is 0 Å². The summed E-state index contributed by atoms with van der Waals surface area (Å²) in [7, 11) is 0. The molecule has 0 saturated carbocycles. The van der Waals surface area contributed by atoms with Crippen molar-refractivity contribution in [1.29, 1.82) is 0 Å². The van der Waals surface area contributed by atoms with Crippen molar-refractivity contribution < 1.29 is 19.0 Å². The van der Waals surface area contributed by atoms with Crippen LogP contribution in [0.5, 0.6) is 5.75 Å². The third-order valence-electron chi connectivity index (χ3n) is 5.24. The van der Waals surface area contributed by atoms with E-state index >= 15 is 0 Å². The number of esters is 1. The van der Waals surface area contributed by atoms with Gasteiger partial charge in [-0.2, -0.15) is 0 Å². The first-order valence-corrected chi connectivity index (χ1v) is 12.0. The Kier molecular flexibility index (Phi) is 7.83. The van der Waals surface area contributed by atoms with E-state index in [1.165, 1.54) is 0 Å². The standard InChI is InChI=1S/C29H32N2O4/c1-29(2,3)35-27(32)17-20-33-18-10-19-34-24-15-16-25-26(21-24)31(23-13-8-5-9-14-23)28(30-25)22-11-6-4-7-12-22/h4-9,11-16,21H,10,17-20H2,1-3H3. The summed E-state index contributed by atoms with van der Waals surface area (Å²) in [4.78, 5) is 16.6. The van der Waals surface area contributed by atoms with Crippen LogP contribution in [0.4, 0.5) is 0 Å². The average Bonchev–Trinajstić information content (AvgIpc) is 3.22. The maximum absolute atomic E-state index is 11.7. The average molecular weight is 473 g/mol. The molecule has 0 saturated heterocycles. The van der Waals surface area contributed by atoms with Crippen LogP contribution in [0.25, 0.3) is 28.1 Å². The minimum Gasteiger partial charge on any atom is -0.493 e. The largest absolute Gasteiger partial charge is 0.493 e. The van der Waals surface area contributed by atoms with Gasteiger partial charge in [0.05, 0.1) is 30.7 Å². The number of hydrogen-bond donors (Lipinski definition) is 0. The van der Waals surface area contributed by atoms with Crippen molar-refractivity contribution in [3.63, 3.8) is 0 Å². The molecule has 3 aromatic carbocycles. The number of imidazole rings is 1. The van der Waals surface area contributed by atoms with Crippen LogP contribution in [0.1, 0.15) is 33.6 Å². The molecule has 6 nitrogen and oxygen atoms in total. The van der Waals surface area contributed by atoms with Gasteiger partial charge < -0.3 is 14.2 Å². The fraction of sp³-hybridized carbons (Fsp3) is 0.310. The summed E-state index contributed by atoms with van der Waals surface area (Å²) in [6.07, 6.45) is 0.974. The van der Waals surface area contributed by atoms with Crippen molar-refractivity contribution in [3.8, 4) is 22.8 Å². The predicted molar refractivity (Wildman–Crippen MR) is 138 cm³/mol. The third kappa shape index (κ3) is 6.70. The lowest BCUT2D eigenvalue weighted by molar-refractivity contribution is -0.156. The van der Waals surface area contributed by atoms with Gasteiger partial charge in [-0.1, -0.05) is 48.5 Å². The lowest BCUT2D eigenvalue weighted by atomic mass is 10.2. The molecule has 35 heavy (non-hydrogen) atoms. The molecule has 0 unspecified atom stereocenters. The SMILES string of the molecule is CC(C)(C)OC(=O)CCOCCCOc1ccc2nc(-c3ccccc3)n(-c3ccccc3)c2c1. The number of carbonyl (C=O) groups is 1. The molecule has 0 aliphatic carbocycles. The molecule has 4 aromatic rings. The van der Waals surface area contributed by atoms with E-state index in [4.69, 9.17) is 19.2 Å². The van der Waals surface area contributed by atoms with Crippen molar-refractivity contribution >= 4 is 17.0 Å². The lowest BCUT2D eigenvalue weighted by Gasteiger charge is -2.19. The van der Waals surface area contributed by atoms with Crippen LogP contribution in [0.15, 0.2) is 78.9 Å². The summed E-state index contributed by atoms with van der Waals surface area (Å²) in [5.74, 6) is 1.43. The second-order valence-electron chi connectivity index (χ2n) is 9.27. The fourth-order valence-electron chi connectivity index (χ4n) is 3.77. The Bertz CT molecular complexity index is 1240. The van der Waals surface area contributed by atoms with Gasteiger partial charge in [-0.15, -0.1) is 0 Å². The van der Waals surface area contributed by atoms with Crippen LogP contribution < -0.4 is 4.74 Å². The zero-order valence-corrected chi connectivity index (χ0v) is 20.6. The maximum atomic E-state index is 11.7. The highest BCUT2D eigenvalue weighted by atomic mass is 16.6. The van der Waals surface area contributed by atoms with Crippen LogP contribution >= 0.6 is 0 Å². The van der Waals surface area contributed by atoms with Gasteiger partial charge in [-0.25, -0.2) is 4.98 Å². The second-order valence-corrected chi connectivity index (χ2v) is 9.27. The normalized spacial score (nSPS) is 11.5. The molecule has 0 spiro atoms. The molecule has 1 heterocycles. The molecule has 0 bridgehead atoms. The Hall–Kier alpha value is -3.64. The number of carbonyl (C=O) groups excluding carboxylic acids is 1. The lowest BCUT2D eigenvalue weighted by Crippen LogP contribution is -2.24. The van der Waals surface area contributed by atoms with E-state index in [2.05, 4.69) is 28.8 Å². The molecular weight excluding hydrogens is 440 g/mol. The second kappa shape index (κ2) is 11.2. The first kappa shape index (κ1) is 24.5. The minimum absolute atomic E-state index is 0.244. The van der Waals surface area contributed by atoms with E-state index in [0.29, 0.717) is 19.8 Å². The van der Waals surface area contributed by atoms with Crippen LogP contribution in [0, 0.1) is 0 Å². The van der Waals surface area contributed by atoms with E-state index in [9.17, 15) is 4.79 Å². The van der Waals surface area contributed by atoms with Gasteiger partial charge in [0, 0.05) is 30.3 Å². The number of aromatic nitrogens is 2. The van der Waals surface area contributed by atoms with E-state index in [1.807, 2.05) is 75.4 Å². The third-order valence-corrected chi connectivity index (χ3v) is 5.24. The van der Waals surface area contributed by atoms with Gasteiger partial charge in [0.1, 0.15) is 17.2 Å². The molecule has 0 amide bonds. The van der Waals surface area contributed by atoms with Crippen molar-refractivity contribution in [2.24, 2.45) is 0 Å². The number of benzene rings is 3. The molecule has 0 radical (unpaired) electrons. The van der Waals surface area contributed by atoms with Crippen LogP contribution in [-0.4, -0.2) is 40.9 Å². The first-order valence-electron chi connectivity index (χ1n) is 12.0. The van der Waals surface area contributed by atoms with E-state index in [-0.39, 0.29) is 12.4 Å². The number of ether oxygens (including phenoxy) is 3. The van der Waals surface area contributed by atoms with Crippen molar-refractivity contribution in [1.82, 2.24) is 9.55 Å². The summed E-state index contributed by atoms with van der Waals surface area (Å²) in [5, 5.41) is 0. The quantitative estimate of drug-likeness (QED) is 0.203. The highest BCUT2D eigenvalue weighted by Crippen LogP contribution is 2.30. The van der Waals surface area contributed by atoms with Crippen LogP contribution in [0.3, 0.4) is 0 Å². The molecular formula is C29H32N2O4. The van der Waals surface area contributed by atoms with Gasteiger partial charge in [-0.3, -0.25) is 9.36 Å². The van der Waals surface area contributed by atoms with Crippen molar-refractivity contribution in [3.05, 3.63) is 78.9 Å². The number of fused-ring (bicyclic) bond motifs is 1. The molecule has 0 aliphatic rings. The van der Waals surface area contributed by atoms with Gasteiger partial charge in [0.25, 0.3) is 0 Å². The van der Waals surface area contributed by atoms with Gasteiger partial charge in [-0.05, 0) is 45.0 Å². The van der Waals surface area contributed by atoms with Crippen molar-refractivity contribution in [2.45, 2.75) is 39.2 Å². The number of rotatable bonds is 10. The zero-order chi connectivity index (χ0) is 24.7. The summed E-state index contributed by atoms with van der Waals surface area (Å²) < 4.78 is 19.0. The van der Waals surface area contributed by atoms with Gasteiger partial charge in [0.2, 0.25) is 0 Å². The van der Waals surface area contributed by atoms with E-state index in [0.717, 1.165) is 40.3 Å². The van der Waals surface area contributed by atoms with E-state index in [1.54, 1.807) is 0 Å². The molecule has 182 valence electrons.